The van der Waals surface area contributed by atoms with Crippen LogP contribution in [-0.4, -0.2) is 24.2 Å². The van der Waals surface area contributed by atoms with Gasteiger partial charge in [-0.15, -0.1) is 0 Å². The zero-order chi connectivity index (χ0) is 14.4. The Morgan fingerprint density at radius 3 is 2.63 bits per heavy atom. The molecular weight excluding hydrogens is 252 g/mol. The molecule has 0 saturated carbocycles. The molecule has 0 heterocycles. The van der Waals surface area contributed by atoms with Gasteiger partial charge in [-0.1, -0.05) is 20.3 Å². The van der Waals surface area contributed by atoms with E-state index in [0.717, 1.165) is 18.9 Å². The maximum absolute atomic E-state index is 13.8. The first-order valence-corrected chi connectivity index (χ1v) is 6.38. The number of carbonyl (C=O) groups is 1. The Kier molecular flexibility index (Phi) is 5.73. The summed E-state index contributed by atoms with van der Waals surface area (Å²) < 4.78 is 26.7. The van der Waals surface area contributed by atoms with Gasteiger partial charge in [-0.05, 0) is 18.6 Å². The lowest BCUT2D eigenvalue weighted by Crippen LogP contribution is -2.33. The third-order valence-electron chi connectivity index (χ3n) is 2.95. The number of hydrogen-bond donors (Lipinski definition) is 1. The quantitative estimate of drug-likeness (QED) is 0.827. The van der Waals surface area contributed by atoms with Gasteiger partial charge in [0.15, 0.2) is 0 Å². The number of hydrogen-bond acceptors (Lipinski definition) is 2. The fourth-order valence-electron chi connectivity index (χ4n) is 1.81. The number of nitrogens with zero attached hydrogens (tertiary/aromatic N) is 1. The van der Waals surface area contributed by atoms with E-state index in [1.807, 2.05) is 6.92 Å². The number of rotatable bonds is 7. The second-order valence-electron chi connectivity index (χ2n) is 4.63. The second-order valence-corrected chi connectivity index (χ2v) is 4.63. The van der Waals surface area contributed by atoms with Crippen LogP contribution < -0.4 is 4.90 Å². The SMILES string of the molecule is CCCCN(CC(C)C(=O)O)c1ccc(F)cc1F. The van der Waals surface area contributed by atoms with E-state index in [9.17, 15) is 13.6 Å². The van der Waals surface area contributed by atoms with Gasteiger partial charge >= 0.3 is 5.97 Å². The Balaban J connectivity index is 2.91. The third-order valence-corrected chi connectivity index (χ3v) is 2.95. The fraction of sp³-hybridized carbons (Fsp3) is 0.500. The van der Waals surface area contributed by atoms with Crippen molar-refractivity contribution in [2.24, 2.45) is 5.92 Å². The third kappa shape index (κ3) is 4.50. The van der Waals surface area contributed by atoms with Crippen LogP contribution in [0.4, 0.5) is 14.5 Å². The molecule has 1 unspecified atom stereocenters. The van der Waals surface area contributed by atoms with Crippen LogP contribution in [0.1, 0.15) is 26.7 Å². The summed E-state index contributed by atoms with van der Waals surface area (Å²) in [6.07, 6.45) is 1.74. The molecule has 1 atom stereocenters. The van der Waals surface area contributed by atoms with Crippen molar-refractivity contribution in [1.82, 2.24) is 0 Å². The Morgan fingerprint density at radius 2 is 2.11 bits per heavy atom. The van der Waals surface area contributed by atoms with Crippen molar-refractivity contribution >= 4 is 11.7 Å². The van der Waals surface area contributed by atoms with Crippen molar-refractivity contribution < 1.29 is 18.7 Å². The van der Waals surface area contributed by atoms with Gasteiger partial charge in [0.25, 0.3) is 0 Å². The number of carboxylic acid groups (broad SMARTS) is 1. The average Bonchev–Trinajstić information content (AvgIpc) is 2.34. The Labute approximate surface area is 111 Å². The molecule has 1 N–H and O–H groups in total. The van der Waals surface area contributed by atoms with Crippen LogP contribution in [0.25, 0.3) is 0 Å². The van der Waals surface area contributed by atoms with E-state index >= 15 is 0 Å². The summed E-state index contributed by atoms with van der Waals surface area (Å²) in [5.41, 5.74) is 0.253. The summed E-state index contributed by atoms with van der Waals surface area (Å²) in [7, 11) is 0. The molecule has 0 radical (unpaired) electrons. The number of carboxylic acids is 1. The van der Waals surface area contributed by atoms with Crippen molar-refractivity contribution in [3.8, 4) is 0 Å². The van der Waals surface area contributed by atoms with E-state index in [1.165, 1.54) is 12.1 Å². The van der Waals surface area contributed by atoms with Gasteiger partial charge in [-0.3, -0.25) is 4.79 Å². The van der Waals surface area contributed by atoms with Gasteiger partial charge in [0, 0.05) is 19.2 Å². The van der Waals surface area contributed by atoms with Crippen molar-refractivity contribution in [3.63, 3.8) is 0 Å². The molecule has 0 aliphatic rings. The van der Waals surface area contributed by atoms with Crippen LogP contribution in [0, 0.1) is 17.6 Å². The highest BCUT2D eigenvalue weighted by molar-refractivity contribution is 5.70. The Morgan fingerprint density at radius 1 is 1.42 bits per heavy atom. The van der Waals surface area contributed by atoms with Crippen LogP contribution in [0.3, 0.4) is 0 Å². The Bertz CT molecular complexity index is 437. The first-order chi connectivity index (χ1) is 8.95. The lowest BCUT2D eigenvalue weighted by atomic mass is 10.1. The zero-order valence-corrected chi connectivity index (χ0v) is 11.2. The Hall–Kier alpha value is -1.65. The predicted octanol–water partition coefficient (Wildman–Crippen LogP) is 3.29. The molecule has 0 spiro atoms. The summed E-state index contributed by atoms with van der Waals surface area (Å²) in [4.78, 5) is 12.6. The topological polar surface area (TPSA) is 40.5 Å². The normalized spacial score (nSPS) is 12.2. The highest BCUT2D eigenvalue weighted by Gasteiger charge is 2.18. The molecule has 106 valence electrons. The van der Waals surface area contributed by atoms with Gasteiger partial charge in [0.05, 0.1) is 11.6 Å². The van der Waals surface area contributed by atoms with Crippen molar-refractivity contribution in [1.29, 1.82) is 0 Å². The number of aliphatic carboxylic acids is 1. The lowest BCUT2D eigenvalue weighted by Gasteiger charge is -2.27. The molecule has 3 nitrogen and oxygen atoms in total. The highest BCUT2D eigenvalue weighted by Crippen LogP contribution is 2.22. The van der Waals surface area contributed by atoms with Crippen LogP contribution in [0.15, 0.2) is 18.2 Å². The van der Waals surface area contributed by atoms with Crippen LogP contribution in [-0.2, 0) is 4.79 Å². The standard InChI is InChI=1S/C14H19F2NO2/c1-3-4-7-17(9-10(2)14(18)19)13-6-5-11(15)8-12(13)16/h5-6,8,10H,3-4,7,9H2,1-2H3,(H,18,19). The maximum atomic E-state index is 13.8. The monoisotopic (exact) mass is 271 g/mol. The summed E-state index contributed by atoms with van der Waals surface area (Å²) in [5, 5.41) is 8.94. The van der Waals surface area contributed by atoms with E-state index in [2.05, 4.69) is 0 Å². The van der Waals surface area contributed by atoms with Crippen molar-refractivity contribution in [3.05, 3.63) is 29.8 Å². The van der Waals surface area contributed by atoms with Gasteiger partial charge < -0.3 is 10.0 Å². The first-order valence-electron chi connectivity index (χ1n) is 6.38. The molecule has 1 aromatic carbocycles. The van der Waals surface area contributed by atoms with E-state index in [4.69, 9.17) is 5.11 Å². The summed E-state index contributed by atoms with van der Waals surface area (Å²) in [6, 6.07) is 3.36. The molecular formula is C14H19F2NO2. The first kappa shape index (κ1) is 15.4. The zero-order valence-electron chi connectivity index (χ0n) is 11.2. The average molecular weight is 271 g/mol. The second kappa shape index (κ2) is 7.07. The molecule has 0 aliphatic carbocycles. The van der Waals surface area contributed by atoms with Gasteiger partial charge in [-0.2, -0.15) is 0 Å². The van der Waals surface area contributed by atoms with E-state index in [0.29, 0.717) is 6.54 Å². The smallest absolute Gasteiger partial charge is 0.308 e. The van der Waals surface area contributed by atoms with Crippen LogP contribution >= 0.6 is 0 Å². The van der Waals surface area contributed by atoms with Gasteiger partial charge in [0.2, 0.25) is 0 Å². The van der Waals surface area contributed by atoms with Crippen LogP contribution in [0.5, 0.6) is 0 Å². The number of halogens is 2. The molecule has 0 aromatic heterocycles. The largest absolute Gasteiger partial charge is 0.481 e. The van der Waals surface area contributed by atoms with Crippen molar-refractivity contribution in [2.75, 3.05) is 18.0 Å². The minimum absolute atomic E-state index is 0.206. The maximum Gasteiger partial charge on any atom is 0.308 e. The van der Waals surface area contributed by atoms with Gasteiger partial charge in [-0.25, -0.2) is 8.78 Å². The molecule has 1 rings (SSSR count). The van der Waals surface area contributed by atoms with Crippen molar-refractivity contribution in [2.45, 2.75) is 26.7 Å². The summed E-state index contributed by atoms with van der Waals surface area (Å²) in [6.45, 7) is 4.33. The highest BCUT2D eigenvalue weighted by atomic mass is 19.1. The summed E-state index contributed by atoms with van der Waals surface area (Å²) in [5.74, 6) is -2.83. The minimum Gasteiger partial charge on any atom is -0.481 e. The lowest BCUT2D eigenvalue weighted by molar-refractivity contribution is -0.140. The molecule has 0 bridgehead atoms. The number of unbranched alkanes of at least 4 members (excludes halogenated alkanes) is 1. The fourth-order valence-corrected chi connectivity index (χ4v) is 1.81. The molecule has 0 aliphatic heterocycles. The number of benzene rings is 1. The summed E-state index contributed by atoms with van der Waals surface area (Å²) >= 11 is 0. The number of anilines is 1. The molecule has 19 heavy (non-hydrogen) atoms. The molecule has 1 aromatic rings. The van der Waals surface area contributed by atoms with E-state index in [-0.39, 0.29) is 12.2 Å². The molecule has 0 saturated heterocycles. The minimum atomic E-state index is -0.927. The van der Waals surface area contributed by atoms with E-state index in [1.54, 1.807) is 11.8 Å². The predicted molar refractivity (Wildman–Crippen MR) is 70.3 cm³/mol. The van der Waals surface area contributed by atoms with Crippen LogP contribution in [0.2, 0.25) is 0 Å². The van der Waals surface area contributed by atoms with Gasteiger partial charge in [0.1, 0.15) is 11.6 Å². The molecule has 0 fully saturated rings. The molecule has 0 amide bonds. The molecule has 5 heteroatoms. The van der Waals surface area contributed by atoms with E-state index < -0.39 is 23.5 Å².